The predicted octanol–water partition coefficient (Wildman–Crippen LogP) is 2.86. The van der Waals surface area contributed by atoms with E-state index in [2.05, 4.69) is 5.32 Å². The fraction of sp³-hybridized carbons (Fsp3) is 0.458. The van der Waals surface area contributed by atoms with Crippen LogP contribution in [-0.2, 0) is 9.53 Å². The molecule has 0 fully saturated rings. The number of ether oxygens (including phenoxy) is 2. The molecule has 0 saturated carbocycles. The molecule has 0 radical (unpaired) electrons. The van der Waals surface area contributed by atoms with E-state index in [4.69, 9.17) is 9.47 Å². The van der Waals surface area contributed by atoms with Gasteiger partial charge in [0, 0.05) is 11.6 Å². The largest absolute Gasteiger partial charge is 0.496 e. The van der Waals surface area contributed by atoms with Gasteiger partial charge in [-0.3, -0.25) is 9.59 Å². The van der Waals surface area contributed by atoms with Crippen molar-refractivity contribution in [2.45, 2.75) is 39.8 Å². The van der Waals surface area contributed by atoms with E-state index in [9.17, 15) is 23.9 Å². The number of nitrogens with zero attached hydrogens (tertiary/aromatic N) is 2. The van der Waals surface area contributed by atoms with Crippen molar-refractivity contribution in [2.24, 2.45) is 0 Å². The zero-order valence-corrected chi connectivity index (χ0v) is 21.2. The number of methoxy groups -OCH3 is 1. The predicted molar refractivity (Wildman–Crippen MR) is 129 cm³/mol. The lowest BCUT2D eigenvalue weighted by molar-refractivity contribution is -0.122. The number of hydrogen-bond acceptors (Lipinski definition) is 8. The van der Waals surface area contributed by atoms with Gasteiger partial charge in [0.15, 0.2) is 0 Å². The van der Waals surface area contributed by atoms with Crippen LogP contribution in [0.1, 0.15) is 58.0 Å². The van der Waals surface area contributed by atoms with Crippen molar-refractivity contribution in [2.75, 3.05) is 38.4 Å². The molecule has 1 atom stereocenters. The van der Waals surface area contributed by atoms with Crippen LogP contribution in [0.3, 0.4) is 0 Å². The Balaban J connectivity index is 2.00. The van der Waals surface area contributed by atoms with Crippen molar-refractivity contribution in [3.8, 4) is 5.75 Å². The Labute approximate surface area is 207 Å². The first-order valence-corrected chi connectivity index (χ1v) is 12.0. The molecule has 0 aliphatic carbocycles. The number of hydrogen-bond donors (Lipinski definition) is 2. The third kappa shape index (κ3) is 5.73. The van der Waals surface area contributed by atoms with Gasteiger partial charge in [-0.05, 0) is 51.5 Å². The van der Waals surface area contributed by atoms with Crippen LogP contribution in [0.2, 0.25) is 0 Å². The molecular weight excluding hydrogens is 477 g/mol. The van der Waals surface area contributed by atoms with Crippen LogP contribution in [0, 0.1) is 12.7 Å². The number of thiophene rings is 1. The highest BCUT2D eigenvalue weighted by molar-refractivity contribution is 7.18. The van der Waals surface area contributed by atoms with Crippen molar-refractivity contribution in [3.05, 3.63) is 45.6 Å². The number of fused-ring (bicyclic) bond motifs is 1. The van der Waals surface area contributed by atoms with Gasteiger partial charge in [0.2, 0.25) is 5.91 Å². The number of aliphatic hydroxyl groups excluding tert-OH is 1. The van der Waals surface area contributed by atoms with Gasteiger partial charge in [0.05, 0.1) is 32.5 Å². The molecule has 1 unspecified atom stereocenters. The second kappa shape index (κ2) is 11.0. The summed E-state index contributed by atoms with van der Waals surface area (Å²) in [4.78, 5) is 41.6. The van der Waals surface area contributed by atoms with Gasteiger partial charge in [-0.1, -0.05) is 0 Å². The minimum atomic E-state index is -1.18. The monoisotopic (exact) mass is 507 g/mol. The second-order valence-electron chi connectivity index (χ2n) is 8.45. The smallest absolute Gasteiger partial charge is 0.348 e. The quantitative estimate of drug-likeness (QED) is 0.503. The molecule has 1 aromatic heterocycles. The number of anilines is 1. The molecule has 1 aliphatic rings. The Hall–Kier alpha value is -3.18. The summed E-state index contributed by atoms with van der Waals surface area (Å²) >= 11 is 1.09. The van der Waals surface area contributed by atoms with E-state index in [0.29, 0.717) is 16.3 Å². The Morgan fingerprint density at radius 3 is 2.63 bits per heavy atom. The van der Waals surface area contributed by atoms with Crippen LogP contribution in [0.5, 0.6) is 5.75 Å². The fourth-order valence-electron chi connectivity index (χ4n) is 3.93. The summed E-state index contributed by atoms with van der Waals surface area (Å²) in [5.74, 6) is -1.48. The average molecular weight is 508 g/mol. The zero-order valence-electron chi connectivity index (χ0n) is 20.4. The van der Waals surface area contributed by atoms with E-state index in [-0.39, 0.29) is 54.3 Å². The number of amides is 2. The molecule has 190 valence electrons. The minimum Gasteiger partial charge on any atom is -0.496 e. The lowest BCUT2D eigenvalue weighted by atomic mass is 10.1. The molecule has 3 rings (SSSR count). The van der Waals surface area contributed by atoms with Crippen molar-refractivity contribution >= 4 is 34.1 Å². The molecule has 9 nitrogen and oxygen atoms in total. The summed E-state index contributed by atoms with van der Waals surface area (Å²) in [6.07, 6.45) is -1.18. The van der Waals surface area contributed by atoms with Gasteiger partial charge >= 0.3 is 5.97 Å². The van der Waals surface area contributed by atoms with E-state index in [1.807, 2.05) is 13.8 Å². The number of rotatable bonds is 9. The molecule has 0 saturated heterocycles. The van der Waals surface area contributed by atoms with Gasteiger partial charge in [-0.15, -0.1) is 11.3 Å². The molecule has 0 bridgehead atoms. The summed E-state index contributed by atoms with van der Waals surface area (Å²) in [5, 5.41) is 14.2. The molecule has 35 heavy (non-hydrogen) atoms. The van der Waals surface area contributed by atoms with Crippen LogP contribution < -0.4 is 15.0 Å². The van der Waals surface area contributed by atoms with E-state index < -0.39 is 23.8 Å². The number of nitrogens with one attached hydrogen (secondary N) is 1. The molecule has 0 spiro atoms. The normalized spacial score (nSPS) is 14.1. The van der Waals surface area contributed by atoms with Gasteiger partial charge in [-0.2, -0.15) is 0 Å². The Morgan fingerprint density at radius 1 is 1.29 bits per heavy atom. The van der Waals surface area contributed by atoms with Crippen molar-refractivity contribution in [1.82, 2.24) is 10.2 Å². The van der Waals surface area contributed by atoms with Crippen molar-refractivity contribution in [1.29, 1.82) is 0 Å². The van der Waals surface area contributed by atoms with E-state index >= 15 is 0 Å². The van der Waals surface area contributed by atoms with Crippen LogP contribution in [0.4, 0.5) is 9.39 Å². The molecule has 1 aliphatic heterocycles. The molecule has 2 N–H and O–H groups in total. The molecule has 2 aromatic rings. The number of aliphatic hydroxyl groups is 1. The Bertz CT molecular complexity index is 1120. The average Bonchev–Trinajstić information content (AvgIpc) is 3.14. The summed E-state index contributed by atoms with van der Waals surface area (Å²) in [6.45, 7) is 6.92. The Kier molecular flexibility index (Phi) is 8.34. The van der Waals surface area contributed by atoms with Crippen LogP contribution in [-0.4, -0.2) is 67.3 Å². The fourth-order valence-corrected chi connectivity index (χ4v) is 5.13. The third-order valence-electron chi connectivity index (χ3n) is 5.45. The maximum atomic E-state index is 13.9. The van der Waals surface area contributed by atoms with E-state index in [1.165, 1.54) is 30.2 Å². The summed E-state index contributed by atoms with van der Waals surface area (Å²) in [6, 6.07) is 3.75. The van der Waals surface area contributed by atoms with E-state index in [1.54, 1.807) is 18.7 Å². The van der Waals surface area contributed by atoms with Gasteiger partial charge in [0.25, 0.3) is 5.91 Å². The topological polar surface area (TPSA) is 108 Å². The summed E-state index contributed by atoms with van der Waals surface area (Å²) in [7, 11) is 1.42. The number of β-amino-alcohol motifs (C(OH)–C–C–N with tert-alkyl or cyclic N) is 1. The highest BCUT2D eigenvalue weighted by Crippen LogP contribution is 2.41. The number of benzene rings is 1. The first-order valence-electron chi connectivity index (χ1n) is 11.2. The number of halogens is 1. The first kappa shape index (κ1) is 26.4. The second-order valence-corrected chi connectivity index (χ2v) is 9.45. The molecule has 1 aromatic carbocycles. The zero-order chi connectivity index (χ0) is 25.9. The third-order valence-corrected chi connectivity index (χ3v) is 6.78. The highest BCUT2D eigenvalue weighted by Gasteiger charge is 2.37. The van der Waals surface area contributed by atoms with Crippen LogP contribution in [0.15, 0.2) is 18.2 Å². The standard InChI is InChI=1S/C24H30FN3O6S/c1-6-34-24(32)21-14(4)20-22(31)27(11-19(30)26-13(2)3)12-28(23(20)35-21)10-17(29)16-9-15(25)7-8-18(16)33-5/h7-9,13,17,29H,6,10-12H2,1-5H3,(H,26,30). The maximum absolute atomic E-state index is 13.9. The molecule has 2 amide bonds. The van der Waals surface area contributed by atoms with Gasteiger partial charge in [-0.25, -0.2) is 9.18 Å². The lowest BCUT2D eigenvalue weighted by Gasteiger charge is -2.37. The maximum Gasteiger partial charge on any atom is 0.348 e. The van der Waals surface area contributed by atoms with Crippen molar-refractivity contribution < 1.29 is 33.4 Å². The first-order chi connectivity index (χ1) is 16.6. The van der Waals surface area contributed by atoms with Gasteiger partial charge in [0.1, 0.15) is 34.1 Å². The molecular formula is C24H30FN3O6S. The van der Waals surface area contributed by atoms with Gasteiger partial charge < -0.3 is 29.7 Å². The summed E-state index contributed by atoms with van der Waals surface area (Å²) in [5.41, 5.74) is 0.972. The number of carbonyl (C=O) groups is 3. The SMILES string of the molecule is CCOC(=O)c1sc2c(c1C)C(=O)N(CC(=O)NC(C)C)CN2CC(O)c1cc(F)ccc1OC. The van der Waals surface area contributed by atoms with Crippen LogP contribution >= 0.6 is 11.3 Å². The van der Waals surface area contributed by atoms with Crippen LogP contribution in [0.25, 0.3) is 0 Å². The highest BCUT2D eigenvalue weighted by atomic mass is 32.1. The minimum absolute atomic E-state index is 0.00570. The number of esters is 1. The van der Waals surface area contributed by atoms with Crippen molar-refractivity contribution in [3.63, 3.8) is 0 Å². The molecule has 11 heteroatoms. The Morgan fingerprint density at radius 2 is 2.00 bits per heavy atom. The van der Waals surface area contributed by atoms with E-state index in [0.717, 1.165) is 11.3 Å². The lowest BCUT2D eigenvalue weighted by Crippen LogP contribution is -2.51. The number of carbonyl (C=O) groups excluding carboxylic acids is 3. The summed E-state index contributed by atoms with van der Waals surface area (Å²) < 4.78 is 24.3. The molecule has 2 heterocycles.